The molecule has 0 spiro atoms. The van der Waals surface area contributed by atoms with Gasteiger partial charge in [-0.3, -0.25) is 44.4 Å². The number of benzene rings is 1. The molecule has 21 heteroatoms. The second-order valence-electron chi connectivity index (χ2n) is 12.2. The lowest BCUT2D eigenvalue weighted by molar-refractivity contribution is -0.145. The Morgan fingerprint density at radius 3 is 1.94 bits per heavy atom. The summed E-state index contributed by atoms with van der Waals surface area (Å²) in [6.07, 6.45) is -6.95. The van der Waals surface area contributed by atoms with Crippen LogP contribution in [0.5, 0.6) is 0 Å². The largest absolute Gasteiger partial charge is 0.481 e. The fourth-order valence-corrected chi connectivity index (χ4v) is 4.69. The first kappa shape index (κ1) is 44.3. The zero-order chi connectivity index (χ0) is 40.5. The molecule has 0 saturated carbocycles. The van der Waals surface area contributed by atoms with E-state index in [1.807, 2.05) is 10.9 Å². The Morgan fingerprint density at radius 2 is 1.37 bits per heavy atom. The van der Waals surface area contributed by atoms with Crippen LogP contribution < -0.4 is 32.1 Å². The Morgan fingerprint density at radius 1 is 0.741 bits per heavy atom. The van der Waals surface area contributed by atoms with E-state index in [9.17, 15) is 58.5 Å². The Balaban J connectivity index is 2.14. The number of aliphatic hydroxyl groups excluding tert-OH is 1. The SMILES string of the molecule is CCOC(=O)C1OC1C(=O)NNC(=O)[C@H](CC(=O)O)NC(=O)[C@@H](NC(=O)[C@H](CCC(=O)O)NC(=O)[C@@H](NC(=O)OCc1ccccc1)[C@@H](C)CC)[C@@H](C)O. The number of epoxide rings is 1. The fourth-order valence-electron chi connectivity index (χ4n) is 4.69. The lowest BCUT2D eigenvalue weighted by Gasteiger charge is -2.28. The topological polar surface area (TPSA) is 317 Å². The molecular weight excluding hydrogens is 720 g/mol. The van der Waals surface area contributed by atoms with E-state index < -0.39 is 121 Å². The number of aliphatic hydroxyl groups is 1. The lowest BCUT2D eigenvalue weighted by Crippen LogP contribution is -2.61. The van der Waals surface area contributed by atoms with E-state index in [0.717, 1.165) is 6.92 Å². The number of hydrazine groups is 1. The number of carboxylic acids is 2. The van der Waals surface area contributed by atoms with Gasteiger partial charge in [0.1, 0.15) is 30.8 Å². The summed E-state index contributed by atoms with van der Waals surface area (Å²) in [5.41, 5.74) is 4.50. The van der Waals surface area contributed by atoms with Crippen molar-refractivity contribution in [3.05, 3.63) is 35.9 Å². The number of nitrogens with one attached hydrogen (secondary N) is 6. The van der Waals surface area contributed by atoms with E-state index in [4.69, 9.17) is 14.2 Å². The molecule has 8 atom stereocenters. The number of aliphatic carboxylic acids is 2. The van der Waals surface area contributed by atoms with Crippen molar-refractivity contribution in [3.63, 3.8) is 0 Å². The van der Waals surface area contributed by atoms with Crippen molar-refractivity contribution >= 4 is 53.5 Å². The van der Waals surface area contributed by atoms with Gasteiger partial charge in [0.2, 0.25) is 17.7 Å². The van der Waals surface area contributed by atoms with Crippen LogP contribution >= 0.6 is 0 Å². The van der Waals surface area contributed by atoms with Gasteiger partial charge < -0.3 is 50.8 Å². The van der Waals surface area contributed by atoms with Crippen LogP contribution in [-0.4, -0.2) is 118 Å². The molecule has 2 rings (SSSR count). The number of amides is 6. The summed E-state index contributed by atoms with van der Waals surface area (Å²) in [6.45, 7) is 5.89. The Bertz CT molecular complexity index is 1520. The summed E-state index contributed by atoms with van der Waals surface area (Å²) in [4.78, 5) is 112. The third-order valence-electron chi connectivity index (χ3n) is 7.91. The van der Waals surface area contributed by atoms with Gasteiger partial charge in [-0.1, -0.05) is 50.6 Å². The molecule has 1 heterocycles. The molecule has 0 aliphatic carbocycles. The van der Waals surface area contributed by atoms with Crippen molar-refractivity contribution in [2.24, 2.45) is 5.92 Å². The number of carbonyl (C=O) groups is 9. The summed E-state index contributed by atoms with van der Waals surface area (Å²) < 4.78 is 14.8. The highest BCUT2D eigenvalue weighted by molar-refractivity contribution is 5.98. The molecule has 0 bridgehead atoms. The van der Waals surface area contributed by atoms with Crippen LogP contribution in [0.25, 0.3) is 0 Å². The Labute approximate surface area is 309 Å². The average molecular weight is 767 g/mol. The Hall–Kier alpha value is -5.83. The maximum Gasteiger partial charge on any atom is 0.408 e. The number of hydrogen-bond donors (Lipinski definition) is 9. The smallest absolute Gasteiger partial charge is 0.408 e. The number of rotatable bonds is 21. The van der Waals surface area contributed by atoms with Crippen LogP contribution in [0.3, 0.4) is 0 Å². The predicted octanol–water partition coefficient (Wildman–Crippen LogP) is -2.02. The molecule has 0 aromatic heterocycles. The van der Waals surface area contributed by atoms with Crippen molar-refractivity contribution in [2.75, 3.05) is 6.61 Å². The number of carbonyl (C=O) groups excluding carboxylic acids is 7. The zero-order valence-corrected chi connectivity index (χ0v) is 30.0. The molecule has 1 aromatic rings. The third kappa shape index (κ3) is 14.7. The lowest BCUT2D eigenvalue weighted by atomic mass is 9.97. The summed E-state index contributed by atoms with van der Waals surface area (Å²) in [5, 5.41) is 38.0. The van der Waals surface area contributed by atoms with Gasteiger partial charge in [-0.2, -0.15) is 0 Å². The van der Waals surface area contributed by atoms with Crippen LogP contribution in [0.4, 0.5) is 4.79 Å². The first-order chi connectivity index (χ1) is 25.5. The van der Waals surface area contributed by atoms with Gasteiger partial charge in [0.05, 0.1) is 19.1 Å². The van der Waals surface area contributed by atoms with Crippen LogP contribution in [0.15, 0.2) is 30.3 Å². The molecule has 0 radical (unpaired) electrons. The second-order valence-corrected chi connectivity index (χ2v) is 12.2. The van der Waals surface area contributed by atoms with Crippen molar-refractivity contribution < 1.29 is 72.7 Å². The summed E-state index contributed by atoms with van der Waals surface area (Å²) in [6, 6.07) is 2.03. The van der Waals surface area contributed by atoms with E-state index in [0.29, 0.717) is 12.0 Å². The van der Waals surface area contributed by atoms with Crippen LogP contribution in [-0.2, 0) is 59.2 Å². The summed E-state index contributed by atoms with van der Waals surface area (Å²) in [5.74, 6) is -9.79. The highest BCUT2D eigenvalue weighted by Crippen LogP contribution is 2.23. The van der Waals surface area contributed by atoms with Crippen LogP contribution in [0, 0.1) is 5.92 Å². The maximum absolute atomic E-state index is 13.4. The standard InChI is InChI=1S/C33H46N6O15/c1-5-16(3)23(37-33(51)53-15-18-10-8-7-9-11-18)29(47)34-19(12-13-21(41)42)27(45)36-24(17(4)40)30(48)35-20(14-22(43)44)28(46)38-39-31(49)25-26(54-25)32(50)52-6-2/h7-11,16-17,19-20,23-26,40H,5-6,12-15H2,1-4H3,(H,34,47)(H,35,48)(H,36,45)(H,37,51)(H,38,46)(H,39,49)(H,41,42)(H,43,44)/t16-,17+,19-,20-,23-,24-,25?,26?/m0/s1. The normalized spacial score (nSPS) is 17.7. The number of alkyl carbamates (subject to hydrolysis) is 1. The highest BCUT2D eigenvalue weighted by Gasteiger charge is 2.51. The summed E-state index contributed by atoms with van der Waals surface area (Å²) >= 11 is 0. The van der Waals surface area contributed by atoms with Crippen LogP contribution in [0.1, 0.15) is 58.9 Å². The first-order valence-corrected chi connectivity index (χ1v) is 16.9. The summed E-state index contributed by atoms with van der Waals surface area (Å²) in [7, 11) is 0. The average Bonchev–Trinajstić information content (AvgIpc) is 3.93. The third-order valence-corrected chi connectivity index (χ3v) is 7.91. The monoisotopic (exact) mass is 766 g/mol. The van der Waals surface area contributed by atoms with E-state index in [1.165, 1.54) is 6.92 Å². The molecular formula is C33H46N6O15. The molecule has 1 aliphatic heterocycles. The van der Waals surface area contributed by atoms with Crippen LogP contribution in [0.2, 0.25) is 0 Å². The molecule has 54 heavy (non-hydrogen) atoms. The minimum absolute atomic E-state index is 0.0238. The number of hydrogen-bond acceptors (Lipinski definition) is 13. The van der Waals surface area contributed by atoms with Crippen molar-refractivity contribution in [1.82, 2.24) is 32.1 Å². The maximum atomic E-state index is 13.4. The van der Waals surface area contributed by atoms with Gasteiger partial charge >= 0.3 is 24.0 Å². The molecule has 21 nitrogen and oxygen atoms in total. The quantitative estimate of drug-likeness (QED) is 0.0371. The van der Waals surface area contributed by atoms with E-state index >= 15 is 0 Å². The molecule has 6 amide bonds. The number of esters is 1. The van der Waals surface area contributed by atoms with E-state index in [-0.39, 0.29) is 13.2 Å². The minimum atomic E-state index is -1.89. The molecule has 1 aromatic carbocycles. The van der Waals surface area contributed by atoms with Gasteiger partial charge in [0.25, 0.3) is 11.8 Å². The predicted molar refractivity (Wildman–Crippen MR) is 181 cm³/mol. The zero-order valence-electron chi connectivity index (χ0n) is 30.0. The van der Waals surface area contributed by atoms with Crippen molar-refractivity contribution in [2.45, 2.75) is 102 Å². The first-order valence-electron chi connectivity index (χ1n) is 16.9. The van der Waals surface area contributed by atoms with Crippen molar-refractivity contribution in [1.29, 1.82) is 0 Å². The Kier molecular flexibility index (Phi) is 17.8. The fraction of sp³-hybridized carbons (Fsp3) is 0.545. The molecule has 1 aliphatic rings. The van der Waals surface area contributed by atoms with Gasteiger partial charge in [0.15, 0.2) is 12.2 Å². The van der Waals surface area contributed by atoms with E-state index in [1.54, 1.807) is 44.2 Å². The molecule has 9 N–H and O–H groups in total. The molecule has 1 saturated heterocycles. The second kappa shape index (κ2) is 21.6. The molecule has 2 unspecified atom stereocenters. The number of carboxylic acid groups (broad SMARTS) is 2. The number of ether oxygens (including phenoxy) is 3. The highest BCUT2D eigenvalue weighted by atomic mass is 16.6. The molecule has 298 valence electrons. The van der Waals surface area contributed by atoms with Crippen molar-refractivity contribution in [3.8, 4) is 0 Å². The van der Waals surface area contributed by atoms with Gasteiger partial charge in [-0.25, -0.2) is 9.59 Å². The van der Waals surface area contributed by atoms with Gasteiger partial charge in [-0.15, -0.1) is 0 Å². The minimum Gasteiger partial charge on any atom is -0.481 e. The van der Waals surface area contributed by atoms with Gasteiger partial charge in [0, 0.05) is 6.42 Å². The van der Waals surface area contributed by atoms with E-state index in [2.05, 4.69) is 21.3 Å². The van der Waals surface area contributed by atoms with Gasteiger partial charge in [-0.05, 0) is 31.7 Å². The molecule has 1 fully saturated rings.